The summed E-state index contributed by atoms with van der Waals surface area (Å²) in [5.41, 5.74) is 9.12. The van der Waals surface area contributed by atoms with Crippen LogP contribution in [-0.2, 0) is 6.42 Å². The Bertz CT molecular complexity index is 315. The van der Waals surface area contributed by atoms with Gasteiger partial charge in [0.1, 0.15) is 0 Å². The topological polar surface area (TPSA) is 26.0 Å². The van der Waals surface area contributed by atoms with E-state index in [4.69, 9.17) is 5.73 Å². The van der Waals surface area contributed by atoms with Gasteiger partial charge in [-0.1, -0.05) is 52.0 Å². The van der Waals surface area contributed by atoms with Gasteiger partial charge in [-0.15, -0.1) is 0 Å². The Morgan fingerprint density at radius 3 is 2.47 bits per heavy atom. The zero-order valence-electron chi connectivity index (χ0n) is 10.4. The summed E-state index contributed by atoms with van der Waals surface area (Å²) in [6.07, 6.45) is 2.18. The molecule has 0 fully saturated rings. The van der Waals surface area contributed by atoms with E-state index in [0.29, 0.717) is 0 Å². The highest BCUT2D eigenvalue weighted by atomic mass is 14.7. The predicted octanol–water partition coefficient (Wildman–Crippen LogP) is 3.69. The summed E-state index contributed by atoms with van der Waals surface area (Å²) >= 11 is 0. The maximum absolute atomic E-state index is 6.31. The van der Waals surface area contributed by atoms with E-state index in [1.807, 2.05) is 0 Å². The van der Waals surface area contributed by atoms with Crippen LogP contribution in [0, 0.1) is 5.41 Å². The molecule has 1 unspecified atom stereocenters. The van der Waals surface area contributed by atoms with Crippen LogP contribution in [0.25, 0.3) is 0 Å². The molecule has 0 spiro atoms. The molecule has 0 amide bonds. The number of hydrogen-bond acceptors (Lipinski definition) is 1. The summed E-state index contributed by atoms with van der Waals surface area (Å²) in [6.45, 7) is 8.84. The molecule has 1 nitrogen and oxygen atoms in total. The Kier molecular flexibility index (Phi) is 3.92. The van der Waals surface area contributed by atoms with Crippen molar-refractivity contribution in [1.29, 1.82) is 0 Å². The predicted molar refractivity (Wildman–Crippen MR) is 66.8 cm³/mol. The van der Waals surface area contributed by atoms with Crippen LogP contribution in [-0.4, -0.2) is 0 Å². The lowest BCUT2D eigenvalue weighted by atomic mass is 9.78. The lowest BCUT2D eigenvalue weighted by Gasteiger charge is -2.31. The van der Waals surface area contributed by atoms with E-state index in [2.05, 4.69) is 52.0 Å². The average molecular weight is 205 g/mol. The minimum atomic E-state index is 0.133. The van der Waals surface area contributed by atoms with Gasteiger partial charge in [-0.3, -0.25) is 0 Å². The summed E-state index contributed by atoms with van der Waals surface area (Å²) in [5.74, 6) is 0. The first-order chi connectivity index (χ1) is 7.01. The summed E-state index contributed by atoms with van der Waals surface area (Å²) in [4.78, 5) is 0. The molecule has 0 aliphatic rings. The van der Waals surface area contributed by atoms with Crippen LogP contribution in [0.1, 0.15) is 51.3 Å². The monoisotopic (exact) mass is 205 g/mol. The van der Waals surface area contributed by atoms with Crippen molar-refractivity contribution in [2.75, 3.05) is 0 Å². The molecule has 1 aromatic rings. The van der Waals surface area contributed by atoms with Crippen LogP contribution in [0.15, 0.2) is 24.3 Å². The Morgan fingerprint density at radius 2 is 1.93 bits per heavy atom. The lowest BCUT2D eigenvalue weighted by Crippen LogP contribution is -2.28. The molecule has 0 aliphatic carbocycles. The third-order valence-corrected chi connectivity index (χ3v) is 3.47. The minimum absolute atomic E-state index is 0.133. The van der Waals surface area contributed by atoms with E-state index in [9.17, 15) is 0 Å². The van der Waals surface area contributed by atoms with Crippen LogP contribution in [0.3, 0.4) is 0 Å². The SMILES string of the molecule is CCc1cccc(C(N)C(C)(C)CC)c1. The second kappa shape index (κ2) is 4.80. The first kappa shape index (κ1) is 12.3. The van der Waals surface area contributed by atoms with Gasteiger partial charge in [0.05, 0.1) is 0 Å². The van der Waals surface area contributed by atoms with E-state index in [0.717, 1.165) is 12.8 Å². The maximum Gasteiger partial charge on any atom is 0.0346 e. The highest BCUT2D eigenvalue weighted by molar-refractivity contribution is 5.27. The van der Waals surface area contributed by atoms with Gasteiger partial charge >= 0.3 is 0 Å². The molecule has 1 rings (SSSR count). The van der Waals surface area contributed by atoms with Crippen LogP contribution in [0.4, 0.5) is 0 Å². The molecule has 0 bridgehead atoms. The molecule has 1 atom stereocenters. The zero-order valence-corrected chi connectivity index (χ0v) is 10.4. The summed E-state index contributed by atoms with van der Waals surface area (Å²) < 4.78 is 0. The summed E-state index contributed by atoms with van der Waals surface area (Å²) in [7, 11) is 0. The third kappa shape index (κ3) is 2.82. The van der Waals surface area contributed by atoms with E-state index in [1.165, 1.54) is 11.1 Å². The van der Waals surface area contributed by atoms with Crippen LogP contribution >= 0.6 is 0 Å². The van der Waals surface area contributed by atoms with Crippen molar-refractivity contribution in [3.05, 3.63) is 35.4 Å². The fourth-order valence-electron chi connectivity index (χ4n) is 1.68. The molecule has 1 heteroatoms. The van der Waals surface area contributed by atoms with Crippen molar-refractivity contribution < 1.29 is 0 Å². The molecule has 0 aromatic heterocycles. The van der Waals surface area contributed by atoms with E-state index in [1.54, 1.807) is 0 Å². The van der Waals surface area contributed by atoms with E-state index in [-0.39, 0.29) is 11.5 Å². The van der Waals surface area contributed by atoms with Crippen molar-refractivity contribution >= 4 is 0 Å². The number of aryl methyl sites for hydroxylation is 1. The molecule has 0 saturated heterocycles. The van der Waals surface area contributed by atoms with Gasteiger partial charge in [-0.2, -0.15) is 0 Å². The van der Waals surface area contributed by atoms with E-state index < -0.39 is 0 Å². The van der Waals surface area contributed by atoms with Crippen molar-refractivity contribution in [3.63, 3.8) is 0 Å². The highest BCUT2D eigenvalue weighted by Gasteiger charge is 2.25. The highest BCUT2D eigenvalue weighted by Crippen LogP contribution is 2.34. The van der Waals surface area contributed by atoms with Crippen LogP contribution in [0.5, 0.6) is 0 Å². The summed E-state index contributed by atoms with van der Waals surface area (Å²) in [6, 6.07) is 8.78. The van der Waals surface area contributed by atoms with Crippen molar-refractivity contribution in [2.24, 2.45) is 11.1 Å². The largest absolute Gasteiger partial charge is 0.324 e. The number of hydrogen-bond donors (Lipinski definition) is 1. The molecule has 0 radical (unpaired) electrons. The second-order valence-electron chi connectivity index (χ2n) is 4.92. The van der Waals surface area contributed by atoms with Gasteiger partial charge in [0.25, 0.3) is 0 Å². The normalized spacial score (nSPS) is 13.9. The molecule has 0 aliphatic heterocycles. The van der Waals surface area contributed by atoms with Gasteiger partial charge in [0, 0.05) is 6.04 Å². The molecule has 1 aromatic carbocycles. The lowest BCUT2D eigenvalue weighted by molar-refractivity contribution is 0.278. The Morgan fingerprint density at radius 1 is 1.27 bits per heavy atom. The molecule has 2 N–H and O–H groups in total. The van der Waals surface area contributed by atoms with E-state index >= 15 is 0 Å². The molecule has 15 heavy (non-hydrogen) atoms. The molecular weight excluding hydrogens is 182 g/mol. The fourth-order valence-corrected chi connectivity index (χ4v) is 1.68. The van der Waals surface area contributed by atoms with Crippen molar-refractivity contribution in [3.8, 4) is 0 Å². The van der Waals surface area contributed by atoms with Gasteiger partial charge in [0.2, 0.25) is 0 Å². The first-order valence-electron chi connectivity index (χ1n) is 5.85. The third-order valence-electron chi connectivity index (χ3n) is 3.47. The molecule has 84 valence electrons. The number of nitrogens with two attached hydrogens (primary N) is 1. The Balaban J connectivity index is 2.95. The fraction of sp³-hybridized carbons (Fsp3) is 0.571. The average Bonchev–Trinajstić information content (AvgIpc) is 2.28. The Hall–Kier alpha value is -0.820. The maximum atomic E-state index is 6.31. The van der Waals surface area contributed by atoms with Gasteiger partial charge in [-0.25, -0.2) is 0 Å². The van der Waals surface area contributed by atoms with Gasteiger partial charge in [-0.05, 0) is 29.4 Å². The number of rotatable bonds is 4. The smallest absolute Gasteiger partial charge is 0.0346 e. The standard InChI is InChI=1S/C14H23N/c1-5-11-8-7-9-12(10-11)13(15)14(3,4)6-2/h7-10,13H,5-6,15H2,1-4H3. The quantitative estimate of drug-likeness (QED) is 0.797. The van der Waals surface area contributed by atoms with Gasteiger partial charge in [0.15, 0.2) is 0 Å². The minimum Gasteiger partial charge on any atom is -0.324 e. The summed E-state index contributed by atoms with van der Waals surface area (Å²) in [5, 5.41) is 0. The Labute approximate surface area is 93.7 Å². The van der Waals surface area contributed by atoms with Crippen molar-refractivity contribution in [2.45, 2.75) is 46.6 Å². The van der Waals surface area contributed by atoms with Crippen LogP contribution < -0.4 is 5.73 Å². The zero-order chi connectivity index (χ0) is 11.5. The van der Waals surface area contributed by atoms with Crippen molar-refractivity contribution in [1.82, 2.24) is 0 Å². The molecule has 0 saturated carbocycles. The molecule has 0 heterocycles. The number of benzene rings is 1. The van der Waals surface area contributed by atoms with Gasteiger partial charge < -0.3 is 5.73 Å². The first-order valence-corrected chi connectivity index (χ1v) is 5.85. The second-order valence-corrected chi connectivity index (χ2v) is 4.92. The molecular formula is C14H23N. The van der Waals surface area contributed by atoms with Crippen LogP contribution in [0.2, 0.25) is 0 Å².